The van der Waals surface area contributed by atoms with Crippen LogP contribution in [0.1, 0.15) is 28.4 Å². The molecule has 2 aromatic carbocycles. The molecule has 0 aliphatic carbocycles. The van der Waals surface area contributed by atoms with Crippen LogP contribution in [0.5, 0.6) is 5.75 Å². The number of hydrogen-bond donors (Lipinski definition) is 1. The largest absolute Gasteiger partial charge is 0.507 e. The van der Waals surface area contributed by atoms with Crippen molar-refractivity contribution in [3.63, 3.8) is 0 Å². The van der Waals surface area contributed by atoms with Crippen molar-refractivity contribution in [3.8, 4) is 5.75 Å². The fourth-order valence-corrected chi connectivity index (χ4v) is 3.65. The van der Waals surface area contributed by atoms with Gasteiger partial charge < -0.3 is 14.3 Å². The number of fused-ring (bicyclic) bond motifs is 1. The van der Waals surface area contributed by atoms with E-state index in [1.807, 2.05) is 31.2 Å². The minimum Gasteiger partial charge on any atom is -0.507 e. The zero-order chi connectivity index (χ0) is 19.0. The van der Waals surface area contributed by atoms with Crippen LogP contribution < -0.4 is 5.63 Å². The van der Waals surface area contributed by atoms with Crippen molar-refractivity contribution < 1.29 is 14.3 Å². The highest BCUT2D eigenvalue weighted by Crippen LogP contribution is 2.31. The van der Waals surface area contributed by atoms with Gasteiger partial charge in [-0.25, -0.2) is 4.79 Å². The Morgan fingerprint density at radius 2 is 1.89 bits per heavy atom. The van der Waals surface area contributed by atoms with Gasteiger partial charge in [-0.2, -0.15) is 0 Å². The highest BCUT2D eigenvalue weighted by molar-refractivity contribution is 5.85. The molecule has 1 aliphatic heterocycles. The molecular formula is C22H23NO4. The molecule has 1 aromatic heterocycles. The third-order valence-corrected chi connectivity index (χ3v) is 5.41. The monoisotopic (exact) mass is 365 g/mol. The maximum absolute atomic E-state index is 12.2. The van der Waals surface area contributed by atoms with Gasteiger partial charge in [0.1, 0.15) is 11.3 Å². The predicted molar refractivity (Wildman–Crippen MR) is 104 cm³/mol. The number of phenols is 1. The Labute approximate surface area is 157 Å². The van der Waals surface area contributed by atoms with Gasteiger partial charge in [-0.1, -0.05) is 30.3 Å². The summed E-state index contributed by atoms with van der Waals surface area (Å²) in [4.78, 5) is 14.4. The molecule has 0 bridgehead atoms. The maximum atomic E-state index is 12.2. The maximum Gasteiger partial charge on any atom is 0.339 e. The second-order valence-corrected chi connectivity index (χ2v) is 7.08. The molecule has 5 heteroatoms. The number of aromatic hydroxyl groups is 1. The van der Waals surface area contributed by atoms with Gasteiger partial charge in [0.2, 0.25) is 0 Å². The third kappa shape index (κ3) is 3.36. The topological polar surface area (TPSA) is 62.9 Å². The lowest BCUT2D eigenvalue weighted by molar-refractivity contribution is -0.0330. The quantitative estimate of drug-likeness (QED) is 0.717. The minimum atomic E-state index is -0.351. The summed E-state index contributed by atoms with van der Waals surface area (Å²) in [6.07, 6.45) is -0.00643. The van der Waals surface area contributed by atoms with Crippen LogP contribution in [0.4, 0.5) is 0 Å². The molecule has 0 spiro atoms. The summed E-state index contributed by atoms with van der Waals surface area (Å²) in [5.74, 6) is 0.150. The number of phenolic OH excluding ortho intramolecular Hbond substituents is 1. The smallest absolute Gasteiger partial charge is 0.339 e. The fraction of sp³-hybridized carbons (Fsp3) is 0.318. The van der Waals surface area contributed by atoms with Crippen LogP contribution in [0.15, 0.2) is 51.7 Å². The van der Waals surface area contributed by atoms with Gasteiger partial charge in [0.05, 0.1) is 18.3 Å². The van der Waals surface area contributed by atoms with Crippen molar-refractivity contribution >= 4 is 11.0 Å². The Bertz CT molecular complexity index is 1030. The fourth-order valence-electron chi connectivity index (χ4n) is 3.65. The molecule has 5 nitrogen and oxygen atoms in total. The van der Waals surface area contributed by atoms with Crippen molar-refractivity contribution in [2.45, 2.75) is 26.5 Å². The molecule has 0 radical (unpaired) electrons. The molecular weight excluding hydrogens is 342 g/mol. The van der Waals surface area contributed by atoms with E-state index in [1.54, 1.807) is 13.0 Å². The van der Waals surface area contributed by atoms with Gasteiger partial charge in [-0.15, -0.1) is 0 Å². The first-order valence-electron chi connectivity index (χ1n) is 9.18. The SMILES string of the molecule is Cc1c(C)c2ccc(O)c(CN3CCO[C@H](c4ccccc4)C3)c2oc1=O. The van der Waals surface area contributed by atoms with Crippen LogP contribution in [0.3, 0.4) is 0 Å². The Balaban J connectivity index is 1.67. The van der Waals surface area contributed by atoms with Crippen LogP contribution in [0.2, 0.25) is 0 Å². The summed E-state index contributed by atoms with van der Waals surface area (Å²) in [5, 5.41) is 11.3. The molecule has 1 aliphatic rings. The van der Waals surface area contributed by atoms with E-state index in [1.165, 1.54) is 0 Å². The molecule has 27 heavy (non-hydrogen) atoms. The van der Waals surface area contributed by atoms with Gasteiger partial charge in [-0.3, -0.25) is 4.90 Å². The lowest BCUT2D eigenvalue weighted by Crippen LogP contribution is -2.37. The Morgan fingerprint density at radius 1 is 1.11 bits per heavy atom. The first-order chi connectivity index (χ1) is 13.0. The average molecular weight is 365 g/mol. The van der Waals surface area contributed by atoms with E-state index in [-0.39, 0.29) is 17.5 Å². The van der Waals surface area contributed by atoms with E-state index in [4.69, 9.17) is 9.15 Å². The number of hydrogen-bond acceptors (Lipinski definition) is 5. The molecule has 1 atom stereocenters. The molecule has 1 N–H and O–H groups in total. The summed E-state index contributed by atoms with van der Waals surface area (Å²) in [7, 11) is 0. The number of rotatable bonds is 3. The summed E-state index contributed by atoms with van der Waals surface area (Å²) in [6, 6.07) is 13.6. The normalized spacial score (nSPS) is 18.1. The zero-order valence-electron chi connectivity index (χ0n) is 15.6. The van der Waals surface area contributed by atoms with Crippen LogP contribution in [-0.2, 0) is 11.3 Å². The number of morpholine rings is 1. The number of nitrogens with zero attached hydrogens (tertiary/aromatic N) is 1. The molecule has 3 aromatic rings. The van der Waals surface area contributed by atoms with Crippen LogP contribution in [-0.4, -0.2) is 29.7 Å². The van der Waals surface area contributed by atoms with Crippen molar-refractivity contribution in [1.82, 2.24) is 4.90 Å². The van der Waals surface area contributed by atoms with Crippen LogP contribution in [0.25, 0.3) is 11.0 Å². The van der Waals surface area contributed by atoms with Gasteiger partial charge >= 0.3 is 5.63 Å². The average Bonchev–Trinajstić information content (AvgIpc) is 2.69. The van der Waals surface area contributed by atoms with Crippen LogP contribution >= 0.6 is 0 Å². The highest BCUT2D eigenvalue weighted by Gasteiger charge is 2.24. The summed E-state index contributed by atoms with van der Waals surface area (Å²) in [5.41, 5.74) is 3.42. The number of benzene rings is 2. The van der Waals surface area contributed by atoms with Crippen molar-refractivity contribution in [3.05, 3.63) is 75.1 Å². The zero-order valence-corrected chi connectivity index (χ0v) is 15.6. The predicted octanol–water partition coefficient (Wildman–Crippen LogP) is 3.69. The van der Waals surface area contributed by atoms with E-state index < -0.39 is 0 Å². The Morgan fingerprint density at radius 3 is 2.67 bits per heavy atom. The van der Waals surface area contributed by atoms with E-state index in [2.05, 4.69) is 17.0 Å². The second-order valence-electron chi connectivity index (χ2n) is 7.08. The van der Waals surface area contributed by atoms with E-state index in [9.17, 15) is 9.90 Å². The standard InChI is InChI=1S/C22H23NO4/c1-14-15(2)22(25)27-21-17(14)8-9-19(24)18(21)12-23-10-11-26-20(13-23)16-6-4-3-5-7-16/h3-9,20,24H,10-13H2,1-2H3/t20-/m0/s1. The number of aryl methyl sites for hydroxylation is 1. The lowest BCUT2D eigenvalue weighted by Gasteiger charge is -2.33. The van der Waals surface area contributed by atoms with E-state index in [0.717, 1.165) is 29.6 Å². The molecule has 2 heterocycles. The van der Waals surface area contributed by atoms with Crippen molar-refractivity contribution in [2.24, 2.45) is 0 Å². The molecule has 0 amide bonds. The van der Waals surface area contributed by atoms with Crippen molar-refractivity contribution in [2.75, 3.05) is 19.7 Å². The van der Waals surface area contributed by atoms with E-state index in [0.29, 0.717) is 29.9 Å². The van der Waals surface area contributed by atoms with Gasteiger partial charge in [0.25, 0.3) is 0 Å². The minimum absolute atomic E-state index is 0.00643. The molecule has 0 saturated carbocycles. The Kier molecular flexibility index (Phi) is 4.72. The summed E-state index contributed by atoms with van der Waals surface area (Å²) in [6.45, 7) is 6.27. The first kappa shape index (κ1) is 17.8. The highest BCUT2D eigenvalue weighted by atomic mass is 16.5. The second kappa shape index (κ2) is 7.18. The van der Waals surface area contributed by atoms with Gasteiger partial charge in [-0.05, 0) is 37.1 Å². The Hall–Kier alpha value is -2.63. The molecule has 0 unspecified atom stereocenters. The third-order valence-electron chi connectivity index (χ3n) is 5.41. The van der Waals surface area contributed by atoms with Gasteiger partial charge in [0.15, 0.2) is 0 Å². The molecule has 1 saturated heterocycles. The van der Waals surface area contributed by atoms with Crippen LogP contribution in [0, 0.1) is 13.8 Å². The van der Waals surface area contributed by atoms with Crippen molar-refractivity contribution in [1.29, 1.82) is 0 Å². The first-order valence-corrected chi connectivity index (χ1v) is 9.18. The van der Waals surface area contributed by atoms with E-state index >= 15 is 0 Å². The van der Waals surface area contributed by atoms with Gasteiger partial charge in [0, 0.05) is 30.6 Å². The lowest BCUT2D eigenvalue weighted by atomic mass is 10.0. The molecule has 4 rings (SSSR count). The molecule has 140 valence electrons. The molecule has 1 fully saturated rings. The summed E-state index contributed by atoms with van der Waals surface area (Å²) >= 11 is 0. The summed E-state index contributed by atoms with van der Waals surface area (Å²) < 4.78 is 11.5. The number of ether oxygens (including phenoxy) is 1.